The van der Waals surface area contributed by atoms with Crippen LogP contribution in [0.2, 0.25) is 0 Å². The molecule has 0 bridgehead atoms. The number of ether oxygens (including phenoxy) is 1. The molecule has 3 unspecified atom stereocenters. The van der Waals surface area contributed by atoms with E-state index in [1.165, 1.54) is 12.0 Å². The average molecular weight is 283 g/mol. The first-order valence-electron chi connectivity index (χ1n) is 5.92. The van der Waals surface area contributed by atoms with Crippen LogP contribution in [0.15, 0.2) is 30.3 Å². The molecule has 2 heteroatoms. The molecule has 0 saturated carbocycles. The Balaban J connectivity index is 1.84. The highest BCUT2D eigenvalue weighted by Crippen LogP contribution is 2.36. The molecule has 1 aromatic rings. The van der Waals surface area contributed by atoms with Crippen molar-refractivity contribution in [3.8, 4) is 0 Å². The molecule has 1 nitrogen and oxygen atoms in total. The van der Waals surface area contributed by atoms with Crippen molar-refractivity contribution in [2.75, 3.05) is 6.61 Å². The van der Waals surface area contributed by atoms with E-state index in [0.29, 0.717) is 10.7 Å². The van der Waals surface area contributed by atoms with Gasteiger partial charge in [-0.25, -0.2) is 0 Å². The summed E-state index contributed by atoms with van der Waals surface area (Å²) >= 11 is 3.77. The van der Waals surface area contributed by atoms with Crippen LogP contribution >= 0.6 is 15.9 Å². The number of hydrogen-bond acceptors (Lipinski definition) is 1. The van der Waals surface area contributed by atoms with Crippen LogP contribution in [0, 0.1) is 0 Å². The third kappa shape index (κ3) is 3.33. The van der Waals surface area contributed by atoms with Gasteiger partial charge in [0.25, 0.3) is 0 Å². The minimum Gasteiger partial charge on any atom is -0.370 e. The minimum atomic E-state index is 0.157. The van der Waals surface area contributed by atoms with Crippen molar-refractivity contribution in [2.24, 2.45) is 0 Å². The van der Waals surface area contributed by atoms with Crippen LogP contribution < -0.4 is 0 Å². The third-order valence-corrected chi connectivity index (χ3v) is 3.97. The molecular weight excluding hydrogens is 264 g/mol. The maximum Gasteiger partial charge on any atom is 0.0899 e. The molecule has 88 valence electrons. The number of epoxide rings is 1. The lowest BCUT2D eigenvalue weighted by Gasteiger charge is -2.17. The van der Waals surface area contributed by atoms with Gasteiger partial charge in [0.1, 0.15) is 0 Å². The molecule has 1 aromatic carbocycles. The van der Waals surface area contributed by atoms with Crippen LogP contribution in [-0.2, 0) is 4.74 Å². The quantitative estimate of drug-likeness (QED) is 0.585. The van der Waals surface area contributed by atoms with Crippen molar-refractivity contribution in [3.63, 3.8) is 0 Å². The Hall–Kier alpha value is -0.340. The maximum absolute atomic E-state index is 5.42. The fourth-order valence-corrected chi connectivity index (χ4v) is 3.34. The lowest BCUT2D eigenvalue weighted by atomic mass is 9.93. The third-order valence-electron chi connectivity index (χ3n) is 3.27. The second-order valence-corrected chi connectivity index (χ2v) is 6.38. The van der Waals surface area contributed by atoms with Crippen molar-refractivity contribution >= 4 is 15.9 Å². The topological polar surface area (TPSA) is 12.5 Å². The summed E-state index contributed by atoms with van der Waals surface area (Å²) in [6.45, 7) is 5.41. The summed E-state index contributed by atoms with van der Waals surface area (Å²) < 4.78 is 5.42. The second kappa shape index (κ2) is 4.89. The summed E-state index contributed by atoms with van der Waals surface area (Å²) in [5.41, 5.74) is 1.58. The van der Waals surface area contributed by atoms with E-state index in [9.17, 15) is 0 Å². The minimum absolute atomic E-state index is 0.157. The first kappa shape index (κ1) is 12.1. The van der Waals surface area contributed by atoms with Gasteiger partial charge >= 0.3 is 0 Å². The fourth-order valence-electron chi connectivity index (χ4n) is 2.09. The Morgan fingerprint density at radius 2 is 2.00 bits per heavy atom. The Morgan fingerprint density at radius 3 is 2.56 bits per heavy atom. The molecule has 1 saturated heterocycles. The molecule has 0 aliphatic carbocycles. The van der Waals surface area contributed by atoms with Crippen molar-refractivity contribution in [1.82, 2.24) is 0 Å². The van der Waals surface area contributed by atoms with Crippen LogP contribution in [0.5, 0.6) is 0 Å². The van der Waals surface area contributed by atoms with Crippen molar-refractivity contribution in [2.45, 2.75) is 43.0 Å². The normalized spacial score (nSPS) is 27.4. The van der Waals surface area contributed by atoms with E-state index in [2.05, 4.69) is 60.1 Å². The Labute approximate surface area is 106 Å². The van der Waals surface area contributed by atoms with Gasteiger partial charge in [-0.3, -0.25) is 0 Å². The first-order valence-corrected chi connectivity index (χ1v) is 6.84. The van der Waals surface area contributed by atoms with E-state index in [0.717, 1.165) is 13.0 Å². The molecule has 0 amide bonds. The van der Waals surface area contributed by atoms with Crippen molar-refractivity contribution in [1.29, 1.82) is 0 Å². The Morgan fingerprint density at radius 1 is 1.38 bits per heavy atom. The molecule has 1 heterocycles. The standard InChI is InChI=1S/C14H19BrO/c1-11(12-6-4-3-5-7-12)8-13(15)9-14(2)10-16-14/h3-7,11,13H,8-10H2,1-2H3. The lowest BCUT2D eigenvalue weighted by molar-refractivity contribution is 0.304. The largest absolute Gasteiger partial charge is 0.370 e. The second-order valence-electron chi connectivity index (χ2n) is 5.09. The highest BCUT2D eigenvalue weighted by atomic mass is 79.9. The van der Waals surface area contributed by atoms with Crippen molar-refractivity contribution in [3.05, 3.63) is 35.9 Å². The molecule has 0 aromatic heterocycles. The number of rotatable bonds is 5. The Bertz CT molecular complexity index is 332. The van der Waals surface area contributed by atoms with Gasteiger partial charge in [-0.15, -0.1) is 0 Å². The molecule has 1 aliphatic heterocycles. The summed E-state index contributed by atoms with van der Waals surface area (Å²) in [5.74, 6) is 0.605. The summed E-state index contributed by atoms with van der Waals surface area (Å²) in [6.07, 6.45) is 2.28. The number of hydrogen-bond donors (Lipinski definition) is 0. The van der Waals surface area contributed by atoms with Crippen LogP contribution in [0.1, 0.15) is 38.2 Å². The van der Waals surface area contributed by atoms with Gasteiger partial charge in [-0.2, -0.15) is 0 Å². The zero-order chi connectivity index (χ0) is 11.6. The SMILES string of the molecule is CC(CC(Br)CC1(C)CO1)c1ccccc1. The number of benzene rings is 1. The predicted octanol–water partition coefficient (Wildman–Crippen LogP) is 4.12. The number of halogens is 1. The average Bonchev–Trinajstić information content (AvgIpc) is 2.96. The lowest BCUT2D eigenvalue weighted by Crippen LogP contribution is -2.14. The Kier molecular flexibility index (Phi) is 3.70. The highest BCUT2D eigenvalue weighted by molar-refractivity contribution is 9.09. The molecular formula is C14H19BrO. The molecule has 1 aliphatic rings. The maximum atomic E-state index is 5.42. The van der Waals surface area contributed by atoms with Crippen LogP contribution in [0.3, 0.4) is 0 Å². The summed E-state index contributed by atoms with van der Waals surface area (Å²) in [4.78, 5) is 0.551. The van der Waals surface area contributed by atoms with E-state index in [1.807, 2.05) is 0 Å². The van der Waals surface area contributed by atoms with Crippen LogP contribution in [0.25, 0.3) is 0 Å². The van der Waals surface area contributed by atoms with E-state index in [1.54, 1.807) is 0 Å². The van der Waals surface area contributed by atoms with Gasteiger partial charge in [0, 0.05) is 4.83 Å². The van der Waals surface area contributed by atoms with Gasteiger partial charge in [0.15, 0.2) is 0 Å². The van der Waals surface area contributed by atoms with E-state index in [-0.39, 0.29) is 5.60 Å². The molecule has 0 spiro atoms. The molecule has 0 N–H and O–H groups in total. The van der Waals surface area contributed by atoms with Gasteiger partial charge in [0.2, 0.25) is 0 Å². The van der Waals surface area contributed by atoms with E-state index >= 15 is 0 Å². The van der Waals surface area contributed by atoms with Crippen LogP contribution in [0.4, 0.5) is 0 Å². The number of alkyl halides is 1. The molecule has 1 fully saturated rings. The molecule has 3 atom stereocenters. The molecule has 0 radical (unpaired) electrons. The monoisotopic (exact) mass is 282 g/mol. The first-order chi connectivity index (χ1) is 7.59. The van der Waals surface area contributed by atoms with Gasteiger partial charge in [0.05, 0.1) is 12.2 Å². The summed E-state index contributed by atoms with van der Waals surface area (Å²) in [7, 11) is 0. The zero-order valence-corrected chi connectivity index (χ0v) is 11.5. The summed E-state index contributed by atoms with van der Waals surface area (Å²) in [6, 6.07) is 10.7. The van der Waals surface area contributed by atoms with Crippen LogP contribution in [-0.4, -0.2) is 17.0 Å². The predicted molar refractivity (Wildman–Crippen MR) is 71.2 cm³/mol. The highest BCUT2D eigenvalue weighted by Gasteiger charge is 2.40. The van der Waals surface area contributed by atoms with Gasteiger partial charge in [-0.1, -0.05) is 53.2 Å². The zero-order valence-electron chi connectivity index (χ0n) is 9.95. The van der Waals surface area contributed by atoms with E-state index < -0.39 is 0 Å². The van der Waals surface area contributed by atoms with E-state index in [4.69, 9.17) is 4.74 Å². The van der Waals surface area contributed by atoms with Gasteiger partial charge in [-0.05, 0) is 31.2 Å². The smallest absolute Gasteiger partial charge is 0.0899 e. The fraction of sp³-hybridized carbons (Fsp3) is 0.571. The van der Waals surface area contributed by atoms with Gasteiger partial charge < -0.3 is 4.74 Å². The molecule has 2 rings (SSSR count). The summed E-state index contributed by atoms with van der Waals surface area (Å²) in [5, 5.41) is 0. The van der Waals surface area contributed by atoms with Crippen molar-refractivity contribution < 1.29 is 4.74 Å². The molecule has 16 heavy (non-hydrogen) atoms.